The van der Waals surface area contributed by atoms with Crippen molar-refractivity contribution in [1.29, 1.82) is 0 Å². The van der Waals surface area contributed by atoms with Gasteiger partial charge in [0.05, 0.1) is 7.11 Å². The number of rotatable bonds is 8. The topological polar surface area (TPSA) is 24.5 Å². The molecule has 0 amide bonds. The Morgan fingerprint density at radius 1 is 1.33 bits per heavy atom. The van der Waals surface area contributed by atoms with Gasteiger partial charge in [-0.05, 0) is 64.2 Å². The van der Waals surface area contributed by atoms with Crippen molar-refractivity contribution >= 4 is 15.9 Å². The summed E-state index contributed by atoms with van der Waals surface area (Å²) in [7, 11) is 6.05. The fourth-order valence-electron chi connectivity index (χ4n) is 2.76. The van der Waals surface area contributed by atoms with Crippen molar-refractivity contribution in [3.8, 4) is 5.75 Å². The smallest absolute Gasteiger partial charge is 0.122 e. The van der Waals surface area contributed by atoms with Crippen LogP contribution in [0.25, 0.3) is 0 Å². The summed E-state index contributed by atoms with van der Waals surface area (Å²) in [6.45, 7) is 7.70. The van der Waals surface area contributed by atoms with Crippen molar-refractivity contribution < 1.29 is 4.74 Å². The Morgan fingerprint density at radius 3 is 2.48 bits per heavy atom. The van der Waals surface area contributed by atoms with Crippen molar-refractivity contribution in [2.75, 3.05) is 27.7 Å². The zero-order chi connectivity index (χ0) is 16.0. The third kappa shape index (κ3) is 4.44. The molecule has 1 aromatic carbocycles. The first-order valence-corrected chi connectivity index (χ1v) is 8.41. The molecule has 120 valence electrons. The second kappa shape index (κ2) is 8.16. The minimum Gasteiger partial charge on any atom is -0.496 e. The second-order valence-corrected chi connectivity index (χ2v) is 6.79. The summed E-state index contributed by atoms with van der Waals surface area (Å²) in [6, 6.07) is 6.58. The number of benzene rings is 1. The molecular weight excluding hydrogens is 328 g/mol. The van der Waals surface area contributed by atoms with Gasteiger partial charge in [-0.1, -0.05) is 29.8 Å². The average molecular weight is 357 g/mol. The van der Waals surface area contributed by atoms with Crippen LogP contribution in [0.4, 0.5) is 0 Å². The van der Waals surface area contributed by atoms with Crippen molar-refractivity contribution in [2.24, 2.45) is 0 Å². The number of nitrogens with zero attached hydrogens (tertiary/aromatic N) is 1. The number of likely N-dealkylation sites (N-methyl/N-ethyl adjacent to an activating group) is 2. The van der Waals surface area contributed by atoms with E-state index in [1.807, 2.05) is 12.1 Å². The molecule has 4 heteroatoms. The van der Waals surface area contributed by atoms with Gasteiger partial charge in [-0.15, -0.1) is 0 Å². The Bertz CT molecular complexity index is 450. The third-order valence-corrected chi connectivity index (χ3v) is 5.10. The van der Waals surface area contributed by atoms with E-state index in [0.717, 1.165) is 29.6 Å². The lowest BCUT2D eigenvalue weighted by Crippen LogP contribution is -2.57. The standard InChI is InChI=1S/C17H29BrN2O/c1-7-17(3,20(4)5)16(19-8-2)12-13-11-14(18)9-10-15(13)21-6/h9-11,16,19H,7-8,12H2,1-6H3. The largest absolute Gasteiger partial charge is 0.496 e. The Labute approximate surface area is 138 Å². The van der Waals surface area contributed by atoms with Crippen LogP contribution in [0.1, 0.15) is 32.8 Å². The molecule has 0 aliphatic heterocycles. The van der Waals surface area contributed by atoms with Crippen LogP contribution < -0.4 is 10.1 Å². The van der Waals surface area contributed by atoms with Crippen LogP contribution in [0.15, 0.2) is 22.7 Å². The predicted octanol–water partition coefficient (Wildman–Crippen LogP) is 3.71. The van der Waals surface area contributed by atoms with E-state index < -0.39 is 0 Å². The number of hydrogen-bond acceptors (Lipinski definition) is 3. The van der Waals surface area contributed by atoms with E-state index in [0.29, 0.717) is 6.04 Å². The molecule has 0 fully saturated rings. The maximum atomic E-state index is 5.52. The van der Waals surface area contributed by atoms with Gasteiger partial charge in [0.25, 0.3) is 0 Å². The molecule has 1 rings (SSSR count). The lowest BCUT2D eigenvalue weighted by molar-refractivity contribution is 0.113. The highest BCUT2D eigenvalue weighted by Crippen LogP contribution is 2.29. The van der Waals surface area contributed by atoms with Crippen LogP contribution in [0, 0.1) is 0 Å². The van der Waals surface area contributed by atoms with Gasteiger partial charge in [-0.2, -0.15) is 0 Å². The molecule has 2 atom stereocenters. The molecule has 1 aromatic rings. The molecule has 0 spiro atoms. The van der Waals surface area contributed by atoms with Crippen LogP contribution in [-0.2, 0) is 6.42 Å². The lowest BCUT2D eigenvalue weighted by atomic mass is 9.84. The van der Waals surface area contributed by atoms with E-state index in [1.54, 1.807) is 7.11 Å². The normalized spacial score (nSPS) is 15.8. The number of halogens is 1. The summed E-state index contributed by atoms with van der Waals surface area (Å²) in [5.41, 5.74) is 1.34. The number of ether oxygens (including phenoxy) is 1. The fourth-order valence-corrected chi connectivity index (χ4v) is 3.17. The van der Waals surface area contributed by atoms with Gasteiger partial charge in [0.2, 0.25) is 0 Å². The maximum absolute atomic E-state index is 5.52. The molecule has 2 unspecified atom stereocenters. The fraction of sp³-hybridized carbons (Fsp3) is 0.647. The van der Waals surface area contributed by atoms with Gasteiger partial charge in [-0.25, -0.2) is 0 Å². The van der Waals surface area contributed by atoms with Gasteiger partial charge in [0.1, 0.15) is 5.75 Å². The molecule has 21 heavy (non-hydrogen) atoms. The molecule has 0 aliphatic rings. The average Bonchev–Trinajstić information content (AvgIpc) is 2.46. The van der Waals surface area contributed by atoms with Gasteiger partial charge in [-0.3, -0.25) is 0 Å². The third-order valence-electron chi connectivity index (χ3n) is 4.61. The molecule has 1 N–H and O–H groups in total. The minimum absolute atomic E-state index is 0.101. The first kappa shape index (κ1) is 18.5. The molecule has 0 aliphatic carbocycles. The highest BCUT2D eigenvalue weighted by Gasteiger charge is 2.34. The van der Waals surface area contributed by atoms with Gasteiger partial charge in [0, 0.05) is 16.1 Å². The first-order valence-electron chi connectivity index (χ1n) is 7.62. The molecule has 0 saturated heterocycles. The Kier molecular flexibility index (Phi) is 7.17. The number of nitrogens with one attached hydrogen (secondary N) is 1. The first-order chi connectivity index (χ1) is 9.88. The Hall–Kier alpha value is -0.580. The summed E-state index contributed by atoms with van der Waals surface area (Å²) >= 11 is 3.56. The zero-order valence-corrected chi connectivity index (χ0v) is 15.8. The molecular formula is C17H29BrN2O. The molecule has 0 heterocycles. The van der Waals surface area contributed by atoms with E-state index in [2.05, 4.69) is 67.1 Å². The van der Waals surface area contributed by atoms with E-state index in [-0.39, 0.29) is 5.54 Å². The van der Waals surface area contributed by atoms with Crippen molar-refractivity contribution in [2.45, 2.75) is 45.2 Å². The number of methoxy groups -OCH3 is 1. The van der Waals surface area contributed by atoms with E-state index >= 15 is 0 Å². The van der Waals surface area contributed by atoms with Crippen LogP contribution in [-0.4, -0.2) is 44.2 Å². The predicted molar refractivity (Wildman–Crippen MR) is 94.2 cm³/mol. The highest BCUT2D eigenvalue weighted by molar-refractivity contribution is 9.10. The van der Waals surface area contributed by atoms with Crippen LogP contribution in [0.2, 0.25) is 0 Å². The summed E-state index contributed by atoms with van der Waals surface area (Å²) in [6.07, 6.45) is 2.03. The minimum atomic E-state index is 0.101. The second-order valence-electron chi connectivity index (χ2n) is 5.88. The summed E-state index contributed by atoms with van der Waals surface area (Å²) in [5, 5.41) is 3.66. The Morgan fingerprint density at radius 2 is 2.00 bits per heavy atom. The van der Waals surface area contributed by atoms with Crippen molar-refractivity contribution in [1.82, 2.24) is 10.2 Å². The molecule has 0 radical (unpaired) electrons. The van der Waals surface area contributed by atoms with Crippen LogP contribution >= 0.6 is 15.9 Å². The highest BCUT2D eigenvalue weighted by atomic mass is 79.9. The lowest BCUT2D eigenvalue weighted by Gasteiger charge is -2.43. The summed E-state index contributed by atoms with van der Waals surface area (Å²) in [5.74, 6) is 0.957. The molecule has 0 saturated carbocycles. The van der Waals surface area contributed by atoms with Crippen LogP contribution in [0.3, 0.4) is 0 Å². The van der Waals surface area contributed by atoms with Gasteiger partial charge < -0.3 is 15.0 Å². The summed E-state index contributed by atoms with van der Waals surface area (Å²) < 4.78 is 6.62. The molecule has 0 bridgehead atoms. The van der Waals surface area contributed by atoms with E-state index in [4.69, 9.17) is 4.74 Å². The monoisotopic (exact) mass is 356 g/mol. The van der Waals surface area contributed by atoms with Crippen LogP contribution in [0.5, 0.6) is 5.75 Å². The van der Waals surface area contributed by atoms with Gasteiger partial charge >= 0.3 is 0 Å². The molecule has 0 aromatic heterocycles. The quantitative estimate of drug-likeness (QED) is 0.768. The SMILES string of the molecule is CCNC(Cc1cc(Br)ccc1OC)C(C)(CC)N(C)C. The van der Waals surface area contributed by atoms with E-state index in [1.165, 1.54) is 5.56 Å². The number of hydrogen-bond donors (Lipinski definition) is 1. The van der Waals surface area contributed by atoms with Crippen molar-refractivity contribution in [3.63, 3.8) is 0 Å². The van der Waals surface area contributed by atoms with E-state index in [9.17, 15) is 0 Å². The zero-order valence-electron chi connectivity index (χ0n) is 14.2. The maximum Gasteiger partial charge on any atom is 0.122 e. The van der Waals surface area contributed by atoms with Crippen molar-refractivity contribution in [3.05, 3.63) is 28.2 Å². The van der Waals surface area contributed by atoms with Gasteiger partial charge in [0.15, 0.2) is 0 Å². The Balaban J connectivity index is 3.11. The molecule has 3 nitrogen and oxygen atoms in total. The summed E-state index contributed by atoms with van der Waals surface area (Å²) in [4.78, 5) is 2.32.